The smallest absolute Gasteiger partial charge is 0.227 e. The van der Waals surface area contributed by atoms with Crippen molar-refractivity contribution in [3.8, 4) is 0 Å². The average molecular weight is 328 g/mol. The lowest BCUT2D eigenvalue weighted by atomic mass is 10.1. The summed E-state index contributed by atoms with van der Waals surface area (Å²) >= 11 is 0. The molecule has 0 saturated carbocycles. The molecule has 0 unspecified atom stereocenters. The fourth-order valence-electron chi connectivity index (χ4n) is 3.35. The number of anilines is 1. The SMILES string of the molecule is CNc1cc([C@H]2CCCN2C(=O)Cc2c(C)n[nH]c2C)nc(C)n1. The molecule has 1 aliphatic rings. The van der Waals surface area contributed by atoms with Crippen LogP contribution in [0.15, 0.2) is 6.07 Å². The van der Waals surface area contributed by atoms with E-state index in [9.17, 15) is 4.79 Å². The van der Waals surface area contributed by atoms with Gasteiger partial charge in [0.15, 0.2) is 0 Å². The molecule has 1 amide bonds. The lowest BCUT2D eigenvalue weighted by molar-refractivity contribution is -0.131. The van der Waals surface area contributed by atoms with E-state index in [0.29, 0.717) is 6.42 Å². The van der Waals surface area contributed by atoms with Gasteiger partial charge in [0, 0.05) is 30.9 Å². The number of nitrogens with zero attached hydrogens (tertiary/aromatic N) is 4. The van der Waals surface area contributed by atoms with E-state index in [1.165, 1.54) is 0 Å². The first kappa shape index (κ1) is 16.4. The summed E-state index contributed by atoms with van der Waals surface area (Å²) in [6, 6.07) is 1.97. The number of nitrogens with one attached hydrogen (secondary N) is 2. The van der Waals surface area contributed by atoms with Gasteiger partial charge < -0.3 is 10.2 Å². The van der Waals surface area contributed by atoms with Gasteiger partial charge in [0.25, 0.3) is 0 Å². The Labute approximate surface area is 141 Å². The lowest BCUT2D eigenvalue weighted by Gasteiger charge is -2.25. The Hall–Kier alpha value is -2.44. The van der Waals surface area contributed by atoms with Crippen molar-refractivity contribution in [3.63, 3.8) is 0 Å². The Morgan fingerprint density at radius 3 is 2.83 bits per heavy atom. The maximum Gasteiger partial charge on any atom is 0.227 e. The summed E-state index contributed by atoms with van der Waals surface area (Å²) in [4.78, 5) is 23.7. The lowest BCUT2D eigenvalue weighted by Crippen LogP contribution is -2.32. The summed E-state index contributed by atoms with van der Waals surface area (Å²) in [6.45, 7) is 6.54. The predicted octanol–water partition coefficient (Wildman–Crippen LogP) is 2.07. The Bertz CT molecular complexity index is 734. The van der Waals surface area contributed by atoms with E-state index in [1.807, 2.05) is 38.8 Å². The Balaban J connectivity index is 1.83. The minimum atomic E-state index is 0.0267. The summed E-state index contributed by atoms with van der Waals surface area (Å²) in [5.41, 5.74) is 3.78. The Morgan fingerprint density at radius 1 is 1.38 bits per heavy atom. The second-order valence-corrected chi connectivity index (χ2v) is 6.31. The van der Waals surface area contributed by atoms with E-state index in [0.717, 1.165) is 53.7 Å². The van der Waals surface area contributed by atoms with Crippen molar-refractivity contribution >= 4 is 11.7 Å². The zero-order chi connectivity index (χ0) is 17.3. The second kappa shape index (κ2) is 6.59. The maximum atomic E-state index is 12.9. The summed E-state index contributed by atoms with van der Waals surface area (Å²) in [5.74, 6) is 1.64. The Kier molecular flexibility index (Phi) is 4.51. The number of rotatable bonds is 4. The molecule has 2 aromatic rings. The number of carbonyl (C=O) groups is 1. The first-order valence-electron chi connectivity index (χ1n) is 8.33. The molecule has 7 nitrogen and oxygen atoms in total. The van der Waals surface area contributed by atoms with Crippen LogP contribution < -0.4 is 5.32 Å². The minimum absolute atomic E-state index is 0.0267. The molecular formula is C17H24N6O. The molecule has 2 N–H and O–H groups in total. The van der Waals surface area contributed by atoms with Crippen molar-refractivity contribution in [1.29, 1.82) is 0 Å². The van der Waals surface area contributed by atoms with Crippen LogP contribution in [0.5, 0.6) is 0 Å². The number of amides is 1. The minimum Gasteiger partial charge on any atom is -0.373 e. The molecule has 0 aromatic carbocycles. The van der Waals surface area contributed by atoms with Crippen LogP contribution in [0.25, 0.3) is 0 Å². The van der Waals surface area contributed by atoms with Gasteiger partial charge in [0.1, 0.15) is 11.6 Å². The van der Waals surface area contributed by atoms with Gasteiger partial charge in [0.2, 0.25) is 5.91 Å². The van der Waals surface area contributed by atoms with Crippen LogP contribution in [-0.2, 0) is 11.2 Å². The van der Waals surface area contributed by atoms with Crippen molar-refractivity contribution in [1.82, 2.24) is 25.1 Å². The van der Waals surface area contributed by atoms with Crippen molar-refractivity contribution in [3.05, 3.63) is 34.5 Å². The van der Waals surface area contributed by atoms with Crippen LogP contribution >= 0.6 is 0 Å². The molecule has 1 saturated heterocycles. The van der Waals surface area contributed by atoms with Crippen molar-refractivity contribution in [2.75, 3.05) is 18.9 Å². The number of aromatic nitrogens is 4. The van der Waals surface area contributed by atoms with Crippen LogP contribution in [0.2, 0.25) is 0 Å². The summed E-state index contributed by atoms with van der Waals surface area (Å²) in [6.07, 6.45) is 2.32. The fourth-order valence-corrected chi connectivity index (χ4v) is 3.35. The third-order valence-electron chi connectivity index (χ3n) is 4.64. The number of carbonyl (C=O) groups excluding carboxylic acids is 1. The van der Waals surface area contributed by atoms with Crippen molar-refractivity contribution in [2.45, 2.75) is 46.1 Å². The molecule has 7 heteroatoms. The Morgan fingerprint density at radius 2 is 2.17 bits per heavy atom. The highest BCUT2D eigenvalue weighted by Gasteiger charge is 2.32. The summed E-state index contributed by atoms with van der Waals surface area (Å²) in [7, 11) is 1.84. The van der Waals surface area contributed by atoms with Crippen LogP contribution in [-0.4, -0.2) is 44.6 Å². The molecule has 3 heterocycles. The molecular weight excluding hydrogens is 304 g/mol. The normalized spacial score (nSPS) is 17.3. The van der Waals surface area contributed by atoms with Crippen LogP contribution in [0.3, 0.4) is 0 Å². The average Bonchev–Trinajstić information content (AvgIpc) is 3.16. The standard InChI is InChI=1S/C17H24N6O/c1-10-13(11(2)22-21-10)8-17(24)23-7-5-6-15(23)14-9-16(18-4)20-12(3)19-14/h9,15H,5-8H2,1-4H3,(H,21,22)(H,18,19,20)/t15-/m1/s1. The van der Waals surface area contributed by atoms with Gasteiger partial charge in [-0.15, -0.1) is 0 Å². The zero-order valence-corrected chi connectivity index (χ0v) is 14.7. The van der Waals surface area contributed by atoms with E-state index >= 15 is 0 Å². The molecule has 0 radical (unpaired) electrons. The quantitative estimate of drug-likeness (QED) is 0.897. The van der Waals surface area contributed by atoms with E-state index in [4.69, 9.17) is 0 Å². The van der Waals surface area contributed by atoms with Crippen molar-refractivity contribution < 1.29 is 4.79 Å². The number of H-pyrrole nitrogens is 1. The third-order valence-corrected chi connectivity index (χ3v) is 4.64. The number of aromatic amines is 1. The highest BCUT2D eigenvalue weighted by Crippen LogP contribution is 2.32. The largest absolute Gasteiger partial charge is 0.373 e. The molecule has 0 aliphatic carbocycles. The van der Waals surface area contributed by atoms with Gasteiger partial charge in [0.05, 0.1) is 23.9 Å². The van der Waals surface area contributed by atoms with Gasteiger partial charge in [-0.2, -0.15) is 5.10 Å². The van der Waals surface area contributed by atoms with Gasteiger partial charge in [-0.3, -0.25) is 9.89 Å². The number of likely N-dealkylation sites (tertiary alicyclic amines) is 1. The van der Waals surface area contributed by atoms with Crippen LogP contribution in [0.4, 0.5) is 5.82 Å². The number of aryl methyl sites for hydroxylation is 3. The molecule has 1 atom stereocenters. The maximum absolute atomic E-state index is 12.9. The number of hydrogen-bond acceptors (Lipinski definition) is 5. The molecule has 24 heavy (non-hydrogen) atoms. The highest BCUT2D eigenvalue weighted by atomic mass is 16.2. The summed E-state index contributed by atoms with van der Waals surface area (Å²) in [5, 5.41) is 10.2. The van der Waals surface area contributed by atoms with Gasteiger partial charge in [-0.1, -0.05) is 0 Å². The van der Waals surface area contributed by atoms with E-state index in [2.05, 4.69) is 25.5 Å². The van der Waals surface area contributed by atoms with E-state index < -0.39 is 0 Å². The number of hydrogen-bond donors (Lipinski definition) is 2. The zero-order valence-electron chi connectivity index (χ0n) is 14.7. The van der Waals surface area contributed by atoms with E-state index in [1.54, 1.807) is 0 Å². The van der Waals surface area contributed by atoms with Gasteiger partial charge in [-0.05, 0) is 33.6 Å². The molecule has 0 bridgehead atoms. The molecule has 1 aliphatic heterocycles. The van der Waals surface area contributed by atoms with Gasteiger partial charge >= 0.3 is 0 Å². The molecule has 1 fully saturated rings. The predicted molar refractivity (Wildman–Crippen MR) is 91.8 cm³/mol. The molecule has 3 rings (SSSR count). The first-order valence-corrected chi connectivity index (χ1v) is 8.33. The van der Waals surface area contributed by atoms with Crippen LogP contribution in [0.1, 0.15) is 47.4 Å². The van der Waals surface area contributed by atoms with Gasteiger partial charge in [-0.25, -0.2) is 9.97 Å². The second-order valence-electron chi connectivity index (χ2n) is 6.31. The monoisotopic (exact) mass is 328 g/mol. The highest BCUT2D eigenvalue weighted by molar-refractivity contribution is 5.80. The van der Waals surface area contributed by atoms with E-state index in [-0.39, 0.29) is 11.9 Å². The van der Waals surface area contributed by atoms with Crippen molar-refractivity contribution in [2.24, 2.45) is 0 Å². The third kappa shape index (κ3) is 3.11. The molecule has 128 valence electrons. The summed E-state index contributed by atoms with van der Waals surface area (Å²) < 4.78 is 0. The fraction of sp³-hybridized carbons (Fsp3) is 0.529. The molecule has 2 aromatic heterocycles. The molecule has 0 spiro atoms. The first-order chi connectivity index (χ1) is 11.5. The topological polar surface area (TPSA) is 86.8 Å². The van der Waals surface area contributed by atoms with Crippen LogP contribution in [0, 0.1) is 20.8 Å².